The van der Waals surface area contributed by atoms with Crippen LogP contribution in [0.1, 0.15) is 91.9 Å². The molecule has 0 fully saturated rings. The Kier molecular flexibility index (Phi) is 15.9. The number of esters is 2. The molecule has 1 N–H and O–H groups in total. The lowest BCUT2D eigenvalue weighted by Crippen LogP contribution is -2.25. The number of aliphatic hydroxyl groups excluding tert-OH is 1. The second-order valence-electron chi connectivity index (χ2n) is 7.67. The number of carbonyl (C=O) groups excluding carboxylic acids is 2. The van der Waals surface area contributed by atoms with Gasteiger partial charge in [0.15, 0.2) is 0 Å². The first-order chi connectivity index (χ1) is 12.9. The summed E-state index contributed by atoms with van der Waals surface area (Å²) in [6, 6.07) is 0. The maximum Gasteiger partial charge on any atom is 0.333 e. The zero-order chi connectivity index (χ0) is 20.5. The van der Waals surface area contributed by atoms with Crippen LogP contribution in [0.4, 0.5) is 0 Å². The average Bonchev–Trinajstić information content (AvgIpc) is 2.64. The van der Waals surface area contributed by atoms with Crippen molar-refractivity contribution in [2.45, 2.75) is 98.0 Å². The third-order valence-corrected chi connectivity index (χ3v) is 4.51. The number of unbranched alkanes of at least 4 members (excludes halogenated alkanes) is 7. The normalized spacial score (nSPS) is 12.9. The van der Waals surface area contributed by atoms with E-state index in [9.17, 15) is 14.7 Å². The lowest BCUT2D eigenvalue weighted by molar-refractivity contribution is -0.150. The number of hydrogen-bond acceptors (Lipinski definition) is 5. The highest BCUT2D eigenvalue weighted by Crippen LogP contribution is 2.13. The molecule has 0 heterocycles. The molecule has 0 unspecified atom stereocenters. The topological polar surface area (TPSA) is 72.8 Å². The third-order valence-electron chi connectivity index (χ3n) is 4.51. The van der Waals surface area contributed by atoms with Crippen LogP contribution in [0.2, 0.25) is 0 Å². The average molecular weight is 385 g/mol. The van der Waals surface area contributed by atoms with Gasteiger partial charge in [-0.25, -0.2) is 4.79 Å². The molecule has 0 aromatic heterocycles. The van der Waals surface area contributed by atoms with Gasteiger partial charge in [-0.15, -0.1) is 0 Å². The van der Waals surface area contributed by atoms with Crippen molar-refractivity contribution in [1.29, 1.82) is 0 Å². The third kappa shape index (κ3) is 16.5. The fraction of sp³-hybridized carbons (Fsp3) is 0.818. The van der Waals surface area contributed by atoms with Crippen LogP contribution in [0.3, 0.4) is 0 Å². The largest absolute Gasteiger partial charge is 0.463 e. The highest BCUT2D eigenvalue weighted by molar-refractivity contribution is 5.87. The van der Waals surface area contributed by atoms with Crippen molar-refractivity contribution in [3.05, 3.63) is 11.6 Å². The zero-order valence-corrected chi connectivity index (χ0v) is 17.8. The van der Waals surface area contributed by atoms with Gasteiger partial charge in [-0.2, -0.15) is 0 Å². The Morgan fingerprint density at radius 2 is 1.41 bits per heavy atom. The first kappa shape index (κ1) is 25.6. The highest BCUT2D eigenvalue weighted by atomic mass is 16.6. The minimum absolute atomic E-state index is 0.141. The maximum atomic E-state index is 11.7. The summed E-state index contributed by atoms with van der Waals surface area (Å²) in [7, 11) is 0. The van der Waals surface area contributed by atoms with Crippen LogP contribution in [0.5, 0.6) is 0 Å². The van der Waals surface area contributed by atoms with E-state index in [-0.39, 0.29) is 19.2 Å². The summed E-state index contributed by atoms with van der Waals surface area (Å²) in [5, 5.41) is 9.69. The van der Waals surface area contributed by atoms with E-state index in [4.69, 9.17) is 9.47 Å². The van der Waals surface area contributed by atoms with Gasteiger partial charge in [0.1, 0.15) is 19.3 Å². The van der Waals surface area contributed by atoms with E-state index in [2.05, 4.69) is 13.8 Å². The van der Waals surface area contributed by atoms with E-state index < -0.39 is 12.1 Å². The van der Waals surface area contributed by atoms with E-state index in [1.807, 2.05) is 0 Å². The minimum Gasteiger partial charge on any atom is -0.463 e. The number of aliphatic hydroxyl groups is 1. The molecule has 0 aliphatic heterocycles. The monoisotopic (exact) mass is 384 g/mol. The molecule has 0 aromatic rings. The molecular formula is C22H40O5. The molecule has 0 spiro atoms. The Bertz CT molecular complexity index is 428. The van der Waals surface area contributed by atoms with Crippen LogP contribution < -0.4 is 0 Å². The first-order valence-corrected chi connectivity index (χ1v) is 10.5. The Morgan fingerprint density at radius 1 is 0.889 bits per heavy atom. The zero-order valence-electron chi connectivity index (χ0n) is 17.8. The minimum atomic E-state index is -0.988. The molecule has 0 saturated carbocycles. The van der Waals surface area contributed by atoms with Gasteiger partial charge >= 0.3 is 11.9 Å². The molecule has 0 saturated heterocycles. The van der Waals surface area contributed by atoms with Gasteiger partial charge in [0.05, 0.1) is 0 Å². The molecule has 158 valence electrons. The molecule has 27 heavy (non-hydrogen) atoms. The Balaban J connectivity index is 3.49. The number of allylic oxidation sites excluding steroid dienone is 1. The predicted molar refractivity (Wildman–Crippen MR) is 108 cm³/mol. The van der Waals surface area contributed by atoms with Gasteiger partial charge in [-0.1, -0.05) is 71.3 Å². The molecule has 0 radical (unpaired) electrons. The second kappa shape index (κ2) is 16.8. The quantitative estimate of drug-likeness (QED) is 0.231. The highest BCUT2D eigenvalue weighted by Gasteiger charge is 2.12. The summed E-state index contributed by atoms with van der Waals surface area (Å²) in [5.41, 5.74) is 0.481. The van der Waals surface area contributed by atoms with E-state index in [0.29, 0.717) is 12.0 Å². The molecule has 0 aliphatic rings. The van der Waals surface area contributed by atoms with Crippen molar-refractivity contribution in [1.82, 2.24) is 0 Å². The summed E-state index contributed by atoms with van der Waals surface area (Å²) >= 11 is 0. The summed E-state index contributed by atoms with van der Waals surface area (Å²) in [4.78, 5) is 23.1. The number of hydrogen-bond donors (Lipinski definition) is 1. The van der Waals surface area contributed by atoms with Crippen LogP contribution in [0.15, 0.2) is 11.6 Å². The van der Waals surface area contributed by atoms with E-state index in [1.165, 1.54) is 38.5 Å². The summed E-state index contributed by atoms with van der Waals surface area (Å²) in [5.74, 6) is 0.0322. The van der Waals surface area contributed by atoms with Crippen molar-refractivity contribution in [2.75, 3.05) is 13.2 Å². The van der Waals surface area contributed by atoms with E-state index >= 15 is 0 Å². The maximum absolute atomic E-state index is 11.7. The summed E-state index contributed by atoms with van der Waals surface area (Å²) in [6.07, 6.45) is 11.8. The molecule has 5 nitrogen and oxygen atoms in total. The van der Waals surface area contributed by atoms with Crippen molar-refractivity contribution >= 4 is 11.9 Å². The van der Waals surface area contributed by atoms with E-state index in [0.717, 1.165) is 25.2 Å². The Hall–Kier alpha value is -1.36. The first-order valence-electron chi connectivity index (χ1n) is 10.5. The molecule has 0 bridgehead atoms. The van der Waals surface area contributed by atoms with Gasteiger partial charge in [0.25, 0.3) is 0 Å². The van der Waals surface area contributed by atoms with Crippen LogP contribution in [-0.4, -0.2) is 36.4 Å². The molecule has 1 atom stereocenters. The standard InChI is InChI=1S/C22H40O5/c1-5-19(4)22(25)27-17-20(23)16-26-21(24)15-13-11-9-7-6-8-10-12-14-18(2)3/h5,18,20,23H,6-17H2,1-4H3/b19-5+/t20-/m0/s1. The smallest absolute Gasteiger partial charge is 0.333 e. The van der Waals surface area contributed by atoms with Crippen LogP contribution >= 0.6 is 0 Å². The van der Waals surface area contributed by atoms with Crippen molar-refractivity contribution in [3.63, 3.8) is 0 Å². The molecule has 0 aromatic carbocycles. The Morgan fingerprint density at radius 3 is 1.96 bits per heavy atom. The number of carbonyl (C=O) groups is 2. The van der Waals surface area contributed by atoms with Gasteiger partial charge in [-0.05, 0) is 26.2 Å². The second-order valence-corrected chi connectivity index (χ2v) is 7.67. The summed E-state index contributed by atoms with van der Waals surface area (Å²) < 4.78 is 9.93. The van der Waals surface area contributed by atoms with Gasteiger partial charge in [0, 0.05) is 12.0 Å². The van der Waals surface area contributed by atoms with Crippen LogP contribution in [0, 0.1) is 5.92 Å². The van der Waals surface area contributed by atoms with Crippen LogP contribution in [0.25, 0.3) is 0 Å². The molecule has 0 amide bonds. The molecule has 0 rings (SSSR count). The Labute approximate surface area is 165 Å². The fourth-order valence-electron chi connectivity index (χ4n) is 2.60. The number of rotatable bonds is 16. The predicted octanol–water partition coefficient (Wildman–Crippen LogP) is 4.96. The molecular weight excluding hydrogens is 344 g/mol. The van der Waals surface area contributed by atoms with Crippen molar-refractivity contribution in [3.8, 4) is 0 Å². The van der Waals surface area contributed by atoms with Gasteiger partial charge in [0.2, 0.25) is 0 Å². The SMILES string of the molecule is C/C=C(\C)C(=O)OC[C@@H](O)COC(=O)CCCCCCCCCCC(C)C. The van der Waals surface area contributed by atoms with Gasteiger partial charge in [-0.3, -0.25) is 4.79 Å². The molecule has 0 aliphatic carbocycles. The molecule has 5 heteroatoms. The van der Waals surface area contributed by atoms with Crippen LogP contribution in [-0.2, 0) is 19.1 Å². The van der Waals surface area contributed by atoms with Crippen molar-refractivity contribution < 1.29 is 24.2 Å². The van der Waals surface area contributed by atoms with E-state index in [1.54, 1.807) is 19.9 Å². The lowest BCUT2D eigenvalue weighted by Gasteiger charge is -2.12. The number of ether oxygens (including phenoxy) is 2. The fourth-order valence-corrected chi connectivity index (χ4v) is 2.60. The van der Waals surface area contributed by atoms with Crippen molar-refractivity contribution in [2.24, 2.45) is 5.92 Å². The summed E-state index contributed by atoms with van der Waals surface area (Å²) in [6.45, 7) is 7.61. The van der Waals surface area contributed by atoms with Gasteiger partial charge < -0.3 is 14.6 Å². The lowest BCUT2D eigenvalue weighted by atomic mass is 10.0.